The van der Waals surface area contributed by atoms with E-state index in [1.54, 1.807) is 49.9 Å². The molecule has 0 atom stereocenters. The van der Waals surface area contributed by atoms with Gasteiger partial charge >= 0.3 is 5.69 Å². The summed E-state index contributed by atoms with van der Waals surface area (Å²) in [6, 6.07) is 6.64. The molecule has 0 aliphatic carbocycles. The number of anilines is 1. The minimum absolute atomic E-state index is 0.179. The Balaban J connectivity index is 2.05. The molecule has 9 nitrogen and oxygen atoms in total. The van der Waals surface area contributed by atoms with Crippen LogP contribution < -0.4 is 16.7 Å². The molecule has 0 saturated heterocycles. The fraction of sp³-hybridized carbons (Fsp3) is 0.294. The van der Waals surface area contributed by atoms with Crippen molar-refractivity contribution in [1.29, 1.82) is 0 Å². The fourth-order valence-corrected chi connectivity index (χ4v) is 2.72. The molecule has 2 heterocycles. The molecule has 136 valence electrons. The molecular weight excluding hydrogens is 336 g/mol. The fourth-order valence-electron chi connectivity index (χ4n) is 2.72. The van der Waals surface area contributed by atoms with Crippen LogP contribution in [0.2, 0.25) is 0 Å². The summed E-state index contributed by atoms with van der Waals surface area (Å²) < 4.78 is 4.09. The van der Waals surface area contributed by atoms with Gasteiger partial charge in [-0.2, -0.15) is 10.1 Å². The van der Waals surface area contributed by atoms with E-state index in [0.717, 1.165) is 5.56 Å². The van der Waals surface area contributed by atoms with Gasteiger partial charge in [-0.05, 0) is 43.7 Å². The van der Waals surface area contributed by atoms with Crippen LogP contribution in [-0.4, -0.2) is 29.5 Å². The van der Waals surface area contributed by atoms with Crippen molar-refractivity contribution in [2.75, 3.05) is 5.43 Å². The first-order chi connectivity index (χ1) is 12.3. The summed E-state index contributed by atoms with van der Waals surface area (Å²) in [7, 11) is 3.27. The van der Waals surface area contributed by atoms with Crippen LogP contribution in [0.15, 0.2) is 39.0 Å². The molecule has 3 rings (SSSR count). The van der Waals surface area contributed by atoms with E-state index in [2.05, 4.69) is 15.5 Å². The molecule has 0 aliphatic heterocycles. The van der Waals surface area contributed by atoms with Crippen molar-refractivity contribution < 1.29 is 5.11 Å². The minimum atomic E-state index is -0.404. The van der Waals surface area contributed by atoms with Gasteiger partial charge in [-0.15, -0.1) is 0 Å². The third kappa shape index (κ3) is 2.77. The van der Waals surface area contributed by atoms with E-state index in [-0.39, 0.29) is 17.9 Å². The summed E-state index contributed by atoms with van der Waals surface area (Å²) >= 11 is 0. The van der Waals surface area contributed by atoms with Gasteiger partial charge in [-0.1, -0.05) is 0 Å². The van der Waals surface area contributed by atoms with Crippen LogP contribution >= 0.6 is 0 Å². The van der Waals surface area contributed by atoms with E-state index in [0.29, 0.717) is 22.8 Å². The highest BCUT2D eigenvalue weighted by atomic mass is 16.3. The predicted octanol–water partition coefficient (Wildman–Crippen LogP) is 0.995. The number of aromatic hydroxyl groups is 1. The quantitative estimate of drug-likeness (QED) is 0.536. The van der Waals surface area contributed by atoms with E-state index in [4.69, 9.17) is 0 Å². The number of nitrogens with zero attached hydrogens (tertiary/aromatic N) is 5. The molecule has 2 N–H and O–H groups in total. The normalized spacial score (nSPS) is 11.9. The third-order valence-corrected chi connectivity index (χ3v) is 4.28. The molecule has 26 heavy (non-hydrogen) atoms. The molecule has 0 radical (unpaired) electrons. The first-order valence-electron chi connectivity index (χ1n) is 8.11. The average molecular weight is 356 g/mol. The Bertz CT molecular complexity index is 1120. The molecule has 0 amide bonds. The lowest BCUT2D eigenvalue weighted by Gasteiger charge is -2.06. The lowest BCUT2D eigenvalue weighted by Crippen LogP contribution is -2.39. The van der Waals surface area contributed by atoms with Crippen molar-refractivity contribution in [2.24, 2.45) is 19.2 Å². The van der Waals surface area contributed by atoms with Crippen LogP contribution in [0, 0.1) is 0 Å². The van der Waals surface area contributed by atoms with Gasteiger partial charge in [0.25, 0.3) is 5.56 Å². The molecule has 0 bridgehead atoms. The van der Waals surface area contributed by atoms with Gasteiger partial charge < -0.3 is 9.67 Å². The number of rotatable bonds is 4. The maximum Gasteiger partial charge on any atom is 0.332 e. The maximum absolute atomic E-state index is 12.6. The number of hydrogen-bond donors (Lipinski definition) is 2. The van der Waals surface area contributed by atoms with Crippen molar-refractivity contribution in [1.82, 2.24) is 18.7 Å². The summed E-state index contributed by atoms with van der Waals surface area (Å²) in [6.45, 7) is 3.84. The molecule has 3 aromatic rings. The number of benzene rings is 1. The predicted molar refractivity (Wildman–Crippen MR) is 99.8 cm³/mol. The van der Waals surface area contributed by atoms with Gasteiger partial charge in [-0.3, -0.25) is 13.9 Å². The maximum atomic E-state index is 12.6. The molecular formula is C17H20N6O3. The largest absolute Gasteiger partial charge is 0.508 e. The molecule has 0 aliphatic rings. The van der Waals surface area contributed by atoms with Crippen LogP contribution in [0.3, 0.4) is 0 Å². The van der Waals surface area contributed by atoms with Crippen molar-refractivity contribution in [3.05, 3.63) is 50.7 Å². The van der Waals surface area contributed by atoms with Crippen LogP contribution in [-0.2, 0) is 20.6 Å². The number of hydrogen-bond acceptors (Lipinski definition) is 6. The number of phenols is 1. The van der Waals surface area contributed by atoms with E-state index in [9.17, 15) is 14.7 Å². The van der Waals surface area contributed by atoms with E-state index in [1.807, 2.05) is 6.92 Å². The zero-order valence-electron chi connectivity index (χ0n) is 15.0. The topological polar surface area (TPSA) is 106 Å². The zero-order valence-corrected chi connectivity index (χ0v) is 15.0. The lowest BCUT2D eigenvalue weighted by atomic mass is 10.1. The van der Waals surface area contributed by atoms with Gasteiger partial charge in [0.2, 0.25) is 5.95 Å². The van der Waals surface area contributed by atoms with Gasteiger partial charge in [0.05, 0.1) is 5.71 Å². The molecule has 1 aromatic carbocycles. The summed E-state index contributed by atoms with van der Waals surface area (Å²) in [5, 5.41) is 13.6. The SMILES string of the molecule is CCn1c(=O)c2c(nc(N/N=C(\C)c3ccc(O)cc3)n2C)n(C)c1=O. The highest BCUT2D eigenvalue weighted by molar-refractivity contribution is 5.99. The monoisotopic (exact) mass is 356 g/mol. The Morgan fingerprint density at radius 2 is 1.85 bits per heavy atom. The second-order valence-corrected chi connectivity index (χ2v) is 5.91. The summed E-state index contributed by atoms with van der Waals surface area (Å²) in [5.74, 6) is 0.525. The number of aromatic nitrogens is 4. The standard InChI is InChI=1S/C17H20N6O3/c1-5-23-15(25)13-14(22(4)17(23)26)18-16(21(13)3)20-19-10(2)11-6-8-12(24)9-7-11/h6-9,24H,5H2,1-4H3,(H,18,20)/b19-10+. The van der Waals surface area contributed by atoms with Crippen LogP contribution in [0.4, 0.5) is 5.95 Å². The second-order valence-electron chi connectivity index (χ2n) is 5.91. The number of phenolic OH excluding ortho intramolecular Hbond substituents is 1. The Morgan fingerprint density at radius 3 is 2.46 bits per heavy atom. The van der Waals surface area contributed by atoms with Crippen LogP contribution in [0.5, 0.6) is 5.75 Å². The Hall–Kier alpha value is -3.36. The van der Waals surface area contributed by atoms with Crippen molar-refractivity contribution in [2.45, 2.75) is 20.4 Å². The number of hydrazone groups is 1. The number of fused-ring (bicyclic) bond motifs is 1. The first-order valence-corrected chi connectivity index (χ1v) is 8.11. The summed E-state index contributed by atoms with van der Waals surface area (Å²) in [5.41, 5.74) is 4.19. The van der Waals surface area contributed by atoms with E-state index < -0.39 is 5.69 Å². The number of nitrogens with one attached hydrogen (secondary N) is 1. The van der Waals surface area contributed by atoms with Gasteiger partial charge in [-0.25, -0.2) is 10.2 Å². The Morgan fingerprint density at radius 1 is 1.19 bits per heavy atom. The lowest BCUT2D eigenvalue weighted by molar-refractivity contribution is 0.475. The highest BCUT2D eigenvalue weighted by Crippen LogP contribution is 2.14. The third-order valence-electron chi connectivity index (χ3n) is 4.28. The van der Waals surface area contributed by atoms with Crippen molar-refractivity contribution in [3.63, 3.8) is 0 Å². The van der Waals surface area contributed by atoms with Gasteiger partial charge in [0, 0.05) is 20.6 Å². The highest BCUT2D eigenvalue weighted by Gasteiger charge is 2.17. The van der Waals surface area contributed by atoms with Crippen molar-refractivity contribution in [3.8, 4) is 5.75 Å². The van der Waals surface area contributed by atoms with E-state index in [1.165, 1.54) is 9.13 Å². The second kappa shape index (κ2) is 6.51. The molecule has 0 unspecified atom stereocenters. The first kappa shape index (κ1) is 17.5. The smallest absolute Gasteiger partial charge is 0.332 e. The van der Waals surface area contributed by atoms with Gasteiger partial charge in [0.1, 0.15) is 5.75 Å². The zero-order chi connectivity index (χ0) is 19.0. The minimum Gasteiger partial charge on any atom is -0.508 e. The summed E-state index contributed by atoms with van der Waals surface area (Å²) in [4.78, 5) is 29.1. The average Bonchev–Trinajstić information content (AvgIpc) is 2.96. The molecule has 0 spiro atoms. The molecule has 0 fully saturated rings. The van der Waals surface area contributed by atoms with Gasteiger partial charge in [0.15, 0.2) is 11.2 Å². The Kier molecular flexibility index (Phi) is 4.37. The number of imidazole rings is 1. The Labute approximate surface area is 148 Å². The molecule has 9 heteroatoms. The molecule has 2 aromatic heterocycles. The molecule has 0 saturated carbocycles. The van der Waals surface area contributed by atoms with Crippen LogP contribution in [0.1, 0.15) is 19.4 Å². The summed E-state index contributed by atoms with van der Waals surface area (Å²) in [6.07, 6.45) is 0. The van der Waals surface area contributed by atoms with Crippen molar-refractivity contribution >= 4 is 22.8 Å². The van der Waals surface area contributed by atoms with Crippen LogP contribution in [0.25, 0.3) is 11.2 Å². The van der Waals surface area contributed by atoms with E-state index >= 15 is 0 Å². The number of aryl methyl sites for hydroxylation is 2.